The van der Waals surface area contributed by atoms with Gasteiger partial charge in [-0.2, -0.15) is 0 Å². The highest BCUT2D eigenvalue weighted by atomic mass is 16.2. The third kappa shape index (κ3) is 3.83. The van der Waals surface area contributed by atoms with Crippen LogP contribution in [0.4, 0.5) is 0 Å². The van der Waals surface area contributed by atoms with Crippen LogP contribution >= 0.6 is 0 Å². The average molecular weight is 307 g/mol. The Bertz CT molecular complexity index is 363. The molecule has 2 aliphatic heterocycles. The molecular weight excluding hydrogens is 274 g/mol. The Labute approximate surface area is 135 Å². The molecule has 0 radical (unpaired) electrons. The molecule has 3 rings (SSSR count). The summed E-state index contributed by atoms with van der Waals surface area (Å²) < 4.78 is 0. The Morgan fingerprint density at radius 3 is 2.50 bits per heavy atom. The van der Waals surface area contributed by atoms with Crippen LogP contribution in [-0.2, 0) is 4.79 Å². The van der Waals surface area contributed by atoms with Gasteiger partial charge in [-0.25, -0.2) is 0 Å². The molecule has 2 atom stereocenters. The first kappa shape index (κ1) is 16.3. The van der Waals surface area contributed by atoms with Crippen LogP contribution in [0.1, 0.15) is 51.4 Å². The molecule has 2 saturated heterocycles. The molecule has 0 aromatic carbocycles. The van der Waals surface area contributed by atoms with Gasteiger partial charge in [0.1, 0.15) is 0 Å². The maximum atomic E-state index is 12.8. The number of hydrogen-bond acceptors (Lipinski definition) is 3. The van der Waals surface area contributed by atoms with Crippen LogP contribution in [0.2, 0.25) is 0 Å². The van der Waals surface area contributed by atoms with Gasteiger partial charge < -0.3 is 10.2 Å². The van der Waals surface area contributed by atoms with Gasteiger partial charge in [0.25, 0.3) is 0 Å². The topological polar surface area (TPSA) is 35.6 Å². The molecule has 2 heterocycles. The minimum Gasteiger partial charge on any atom is -0.338 e. The van der Waals surface area contributed by atoms with Crippen molar-refractivity contribution >= 4 is 5.91 Å². The molecule has 4 heteroatoms. The van der Waals surface area contributed by atoms with Gasteiger partial charge in [0.05, 0.1) is 6.54 Å². The van der Waals surface area contributed by atoms with Crippen molar-refractivity contribution in [1.29, 1.82) is 0 Å². The first-order chi connectivity index (χ1) is 10.8. The lowest BCUT2D eigenvalue weighted by Crippen LogP contribution is -2.53. The number of piperidine rings is 2. The predicted octanol–water partition coefficient (Wildman–Crippen LogP) is 2.10. The number of nitrogens with zero attached hydrogens (tertiary/aromatic N) is 2. The fourth-order valence-corrected chi connectivity index (χ4v) is 4.85. The molecule has 4 nitrogen and oxygen atoms in total. The average Bonchev–Trinajstić information content (AvgIpc) is 2.56. The van der Waals surface area contributed by atoms with E-state index in [0.29, 0.717) is 18.5 Å². The van der Waals surface area contributed by atoms with Gasteiger partial charge in [-0.1, -0.05) is 12.8 Å². The van der Waals surface area contributed by atoms with E-state index in [9.17, 15) is 4.79 Å². The normalized spacial score (nSPS) is 31.0. The molecule has 0 aromatic rings. The zero-order valence-electron chi connectivity index (χ0n) is 14.2. The lowest BCUT2D eigenvalue weighted by molar-refractivity contribution is -0.139. The van der Waals surface area contributed by atoms with E-state index in [1.54, 1.807) is 0 Å². The molecular formula is C18H33N3O. The van der Waals surface area contributed by atoms with E-state index in [0.717, 1.165) is 38.0 Å². The van der Waals surface area contributed by atoms with Crippen molar-refractivity contribution in [2.75, 3.05) is 39.8 Å². The van der Waals surface area contributed by atoms with Crippen LogP contribution in [0.5, 0.6) is 0 Å². The summed E-state index contributed by atoms with van der Waals surface area (Å²) in [5.41, 5.74) is 0. The number of rotatable bonds is 4. The minimum absolute atomic E-state index is 0.406. The Balaban J connectivity index is 1.49. The highest BCUT2D eigenvalue weighted by molar-refractivity contribution is 5.78. The number of likely N-dealkylation sites (tertiary alicyclic amines) is 2. The summed E-state index contributed by atoms with van der Waals surface area (Å²) in [5.74, 6) is 2.01. The molecule has 126 valence electrons. The third-order valence-electron chi connectivity index (χ3n) is 6.12. The van der Waals surface area contributed by atoms with E-state index in [4.69, 9.17) is 0 Å². The van der Waals surface area contributed by atoms with Crippen molar-refractivity contribution in [2.45, 2.75) is 57.4 Å². The first-order valence-electron chi connectivity index (χ1n) is 9.44. The van der Waals surface area contributed by atoms with Crippen molar-refractivity contribution in [1.82, 2.24) is 15.1 Å². The summed E-state index contributed by atoms with van der Waals surface area (Å²) in [5, 5.41) is 3.28. The second-order valence-electron chi connectivity index (χ2n) is 7.62. The van der Waals surface area contributed by atoms with Gasteiger partial charge in [-0.05, 0) is 77.0 Å². The van der Waals surface area contributed by atoms with Crippen molar-refractivity contribution in [3.63, 3.8) is 0 Å². The summed E-state index contributed by atoms with van der Waals surface area (Å²) in [6.45, 7) is 4.99. The van der Waals surface area contributed by atoms with E-state index in [1.807, 2.05) is 7.05 Å². The van der Waals surface area contributed by atoms with Crippen molar-refractivity contribution in [3.8, 4) is 0 Å². The van der Waals surface area contributed by atoms with Gasteiger partial charge in [0.15, 0.2) is 0 Å². The number of nitrogens with one attached hydrogen (secondary N) is 1. The van der Waals surface area contributed by atoms with E-state index in [2.05, 4.69) is 15.1 Å². The van der Waals surface area contributed by atoms with E-state index in [-0.39, 0.29) is 0 Å². The van der Waals surface area contributed by atoms with Crippen LogP contribution in [0.25, 0.3) is 0 Å². The maximum Gasteiger partial charge on any atom is 0.237 e. The zero-order chi connectivity index (χ0) is 15.4. The summed E-state index contributed by atoms with van der Waals surface area (Å²) in [7, 11) is 2.03. The Morgan fingerprint density at radius 2 is 1.73 bits per heavy atom. The predicted molar refractivity (Wildman–Crippen MR) is 89.8 cm³/mol. The zero-order valence-corrected chi connectivity index (χ0v) is 14.2. The summed E-state index contributed by atoms with van der Waals surface area (Å²) in [6, 6.07) is 0.567. The van der Waals surface area contributed by atoms with Gasteiger partial charge in [-0.3, -0.25) is 9.69 Å². The molecule has 22 heavy (non-hydrogen) atoms. The quantitative estimate of drug-likeness (QED) is 0.864. The number of carbonyl (C=O) groups is 1. The third-order valence-corrected chi connectivity index (χ3v) is 6.12. The lowest BCUT2D eigenvalue weighted by Gasteiger charge is -2.45. The van der Waals surface area contributed by atoms with Gasteiger partial charge in [0.2, 0.25) is 5.91 Å². The molecule has 1 N–H and O–H groups in total. The minimum atomic E-state index is 0.406. The van der Waals surface area contributed by atoms with Crippen molar-refractivity contribution < 1.29 is 4.79 Å². The standard InChI is InChI=1S/C18H33N3O/c1-19-13-15-8-11-20(12-9-15)14-18(22)21-10-4-6-16-5-2-3-7-17(16)21/h15-17,19H,2-14H2,1H3. The molecule has 2 unspecified atom stereocenters. The van der Waals surface area contributed by atoms with Crippen molar-refractivity contribution in [2.24, 2.45) is 11.8 Å². The number of hydrogen-bond donors (Lipinski definition) is 1. The molecule has 1 amide bonds. The second kappa shape index (κ2) is 7.78. The van der Waals surface area contributed by atoms with E-state index >= 15 is 0 Å². The maximum absolute atomic E-state index is 12.8. The second-order valence-corrected chi connectivity index (χ2v) is 7.62. The Kier molecular flexibility index (Phi) is 5.75. The van der Waals surface area contributed by atoms with Crippen molar-refractivity contribution in [3.05, 3.63) is 0 Å². The van der Waals surface area contributed by atoms with Gasteiger partial charge >= 0.3 is 0 Å². The van der Waals surface area contributed by atoms with Crippen LogP contribution in [0.3, 0.4) is 0 Å². The van der Waals surface area contributed by atoms with Crippen LogP contribution in [0, 0.1) is 11.8 Å². The first-order valence-corrected chi connectivity index (χ1v) is 9.44. The highest BCUT2D eigenvalue weighted by Crippen LogP contribution is 2.35. The smallest absolute Gasteiger partial charge is 0.237 e. The largest absolute Gasteiger partial charge is 0.338 e. The summed E-state index contributed by atoms with van der Waals surface area (Å²) >= 11 is 0. The molecule has 0 aromatic heterocycles. The molecule has 3 aliphatic rings. The molecule has 1 aliphatic carbocycles. The summed E-state index contributed by atoms with van der Waals surface area (Å²) in [6.07, 6.45) is 10.3. The fourth-order valence-electron chi connectivity index (χ4n) is 4.85. The monoisotopic (exact) mass is 307 g/mol. The highest BCUT2D eigenvalue weighted by Gasteiger charge is 2.36. The van der Waals surface area contributed by atoms with E-state index < -0.39 is 0 Å². The molecule has 3 fully saturated rings. The van der Waals surface area contributed by atoms with E-state index in [1.165, 1.54) is 51.4 Å². The number of amides is 1. The SMILES string of the molecule is CNCC1CCN(CC(=O)N2CCCC3CCCCC32)CC1. The Morgan fingerprint density at radius 1 is 1.00 bits per heavy atom. The molecule has 0 spiro atoms. The molecule has 0 bridgehead atoms. The van der Waals surface area contributed by atoms with Gasteiger partial charge in [0, 0.05) is 12.6 Å². The number of carbonyl (C=O) groups excluding carboxylic acids is 1. The van der Waals surface area contributed by atoms with Crippen LogP contribution < -0.4 is 5.32 Å². The van der Waals surface area contributed by atoms with Crippen LogP contribution in [-0.4, -0.2) is 61.5 Å². The van der Waals surface area contributed by atoms with Crippen LogP contribution in [0.15, 0.2) is 0 Å². The fraction of sp³-hybridized carbons (Fsp3) is 0.944. The Hall–Kier alpha value is -0.610. The lowest BCUT2D eigenvalue weighted by atomic mass is 9.78. The molecule has 1 saturated carbocycles. The van der Waals surface area contributed by atoms with Gasteiger partial charge in [-0.15, -0.1) is 0 Å². The summed E-state index contributed by atoms with van der Waals surface area (Å²) in [4.78, 5) is 17.4. The number of fused-ring (bicyclic) bond motifs is 1.